The van der Waals surface area contributed by atoms with Gasteiger partial charge in [0.15, 0.2) is 0 Å². The van der Waals surface area contributed by atoms with Crippen LogP contribution in [0.1, 0.15) is 31.1 Å². The van der Waals surface area contributed by atoms with Crippen LogP contribution >= 0.6 is 11.8 Å². The number of benzene rings is 2. The highest BCUT2D eigenvalue weighted by atomic mass is 32.2. The molecule has 174 valence electrons. The number of esters is 1. The molecule has 2 fully saturated rings. The van der Waals surface area contributed by atoms with Crippen molar-refractivity contribution in [3.63, 3.8) is 0 Å². The lowest BCUT2D eigenvalue weighted by Gasteiger charge is -2.36. The number of anilines is 1. The topological polar surface area (TPSA) is 84.0 Å². The molecule has 3 amide bonds. The lowest BCUT2D eigenvalue weighted by atomic mass is 9.77. The van der Waals surface area contributed by atoms with E-state index in [0.29, 0.717) is 10.7 Å². The molecule has 2 aromatic rings. The summed E-state index contributed by atoms with van der Waals surface area (Å²) in [6.45, 7) is 3.87. The number of carbonyl (C=O) groups excluding carboxylic acids is 4. The van der Waals surface area contributed by atoms with Crippen LogP contribution in [-0.4, -0.2) is 41.2 Å². The first-order valence-corrected chi connectivity index (χ1v) is 12.0. The molecule has 0 unspecified atom stereocenters. The van der Waals surface area contributed by atoms with E-state index in [1.165, 1.54) is 23.8 Å². The normalized spacial score (nSPS) is 25.9. The number of fused-ring (bicyclic) bond motifs is 3. The Kier molecular flexibility index (Phi) is 5.36. The minimum atomic E-state index is -1.51. The van der Waals surface area contributed by atoms with Gasteiger partial charge in [0, 0.05) is 0 Å². The molecule has 0 aliphatic carbocycles. The van der Waals surface area contributed by atoms with Gasteiger partial charge in [-0.1, -0.05) is 74.1 Å². The summed E-state index contributed by atoms with van der Waals surface area (Å²) < 4.78 is 5.07. The summed E-state index contributed by atoms with van der Waals surface area (Å²) in [4.78, 5) is 57.5. The molecule has 2 saturated heterocycles. The van der Waals surface area contributed by atoms with Crippen LogP contribution in [0.15, 0.2) is 71.3 Å². The molecule has 3 aliphatic rings. The Morgan fingerprint density at radius 2 is 1.62 bits per heavy atom. The lowest BCUT2D eigenvalue weighted by molar-refractivity contribution is -0.142. The molecule has 0 saturated carbocycles. The van der Waals surface area contributed by atoms with E-state index >= 15 is 0 Å². The van der Waals surface area contributed by atoms with Gasteiger partial charge in [-0.15, -0.1) is 0 Å². The molecule has 2 aromatic carbocycles. The Labute approximate surface area is 201 Å². The van der Waals surface area contributed by atoms with Gasteiger partial charge in [0.25, 0.3) is 5.91 Å². The summed E-state index contributed by atoms with van der Waals surface area (Å²) in [6.07, 6.45) is 0.239. The van der Waals surface area contributed by atoms with Crippen LogP contribution in [0, 0.1) is 11.8 Å². The van der Waals surface area contributed by atoms with Crippen LogP contribution in [0.4, 0.5) is 5.69 Å². The predicted molar refractivity (Wildman–Crippen MR) is 127 cm³/mol. The summed E-state index contributed by atoms with van der Waals surface area (Å²) in [5, 5.41) is -0.264. The van der Waals surface area contributed by atoms with E-state index in [-0.39, 0.29) is 23.8 Å². The first kappa shape index (κ1) is 22.4. The molecule has 0 N–H and O–H groups in total. The van der Waals surface area contributed by atoms with Crippen molar-refractivity contribution in [2.75, 3.05) is 12.0 Å². The van der Waals surface area contributed by atoms with E-state index in [2.05, 4.69) is 0 Å². The largest absolute Gasteiger partial charge is 0.466 e. The van der Waals surface area contributed by atoms with Crippen molar-refractivity contribution in [1.82, 2.24) is 4.90 Å². The minimum absolute atomic E-state index is 0.0261. The molecule has 8 heteroatoms. The molecule has 3 heterocycles. The second-order valence-corrected chi connectivity index (χ2v) is 10.2. The molecule has 3 atom stereocenters. The average molecular weight is 477 g/mol. The van der Waals surface area contributed by atoms with E-state index in [1.54, 1.807) is 30.3 Å². The third kappa shape index (κ3) is 2.98. The summed E-state index contributed by atoms with van der Waals surface area (Å²) in [7, 11) is 1.25. The van der Waals surface area contributed by atoms with Gasteiger partial charge < -0.3 is 4.74 Å². The van der Waals surface area contributed by atoms with Gasteiger partial charge in [0.2, 0.25) is 11.8 Å². The number of rotatable bonds is 5. The Balaban J connectivity index is 1.73. The number of imide groups is 1. The minimum Gasteiger partial charge on any atom is -0.466 e. The van der Waals surface area contributed by atoms with E-state index < -0.39 is 34.5 Å². The van der Waals surface area contributed by atoms with E-state index in [9.17, 15) is 19.2 Å². The molecule has 0 aromatic heterocycles. The highest BCUT2D eigenvalue weighted by Gasteiger charge is 2.73. The van der Waals surface area contributed by atoms with E-state index in [4.69, 9.17) is 4.74 Å². The SMILES string of the molecule is COC(=O)C1=C2S[C@@H](c3ccccc3)C(=O)N2[C@]2(CC(C)C)C(=O)N(c3ccccc3)C(=O)[C@H]12. The summed E-state index contributed by atoms with van der Waals surface area (Å²) >= 11 is 1.21. The molecule has 7 nitrogen and oxygen atoms in total. The molecular formula is C26H24N2O5S. The monoisotopic (exact) mass is 476 g/mol. The summed E-state index contributed by atoms with van der Waals surface area (Å²) in [5.41, 5.74) is -0.221. The van der Waals surface area contributed by atoms with Crippen molar-refractivity contribution >= 4 is 41.1 Å². The Hall–Kier alpha value is -3.39. The molecular weight excluding hydrogens is 452 g/mol. The smallest absolute Gasteiger partial charge is 0.337 e. The van der Waals surface area contributed by atoms with Crippen LogP contribution in [0.2, 0.25) is 0 Å². The maximum Gasteiger partial charge on any atom is 0.337 e. The first-order valence-electron chi connectivity index (χ1n) is 11.1. The first-order chi connectivity index (χ1) is 16.3. The number of methoxy groups -OCH3 is 1. The van der Waals surface area contributed by atoms with Crippen LogP contribution in [0.3, 0.4) is 0 Å². The number of nitrogens with zero attached hydrogens (tertiary/aromatic N) is 2. The maximum absolute atomic E-state index is 14.2. The third-order valence-electron chi connectivity index (χ3n) is 6.56. The van der Waals surface area contributed by atoms with Crippen molar-refractivity contribution in [2.24, 2.45) is 11.8 Å². The molecule has 5 rings (SSSR count). The number of carbonyl (C=O) groups is 4. The fourth-order valence-corrected chi connectivity index (χ4v) is 6.76. The van der Waals surface area contributed by atoms with Gasteiger partial charge in [0.1, 0.15) is 16.7 Å². The van der Waals surface area contributed by atoms with Gasteiger partial charge in [0.05, 0.1) is 23.4 Å². The van der Waals surface area contributed by atoms with Gasteiger partial charge in [-0.3, -0.25) is 19.3 Å². The van der Waals surface area contributed by atoms with E-state index in [0.717, 1.165) is 10.5 Å². The zero-order chi connectivity index (χ0) is 24.2. The van der Waals surface area contributed by atoms with Crippen LogP contribution in [-0.2, 0) is 23.9 Å². The number of para-hydroxylation sites is 1. The number of hydrogen-bond acceptors (Lipinski definition) is 6. The number of amides is 3. The standard InChI is InChI=1S/C26H24N2O5S/c1-15(2)14-26-19(21(29)27(25(26)32)17-12-8-5-9-13-17)18(24(31)33-3)23-28(26)22(30)20(34-23)16-10-6-4-7-11-16/h4-13,15,19-20H,14H2,1-3H3/t19-,20-,26-/m0/s1. The fourth-order valence-electron chi connectivity index (χ4n) is 5.35. The van der Waals surface area contributed by atoms with Crippen molar-refractivity contribution in [3.05, 3.63) is 76.8 Å². The van der Waals surface area contributed by atoms with Gasteiger partial charge in [-0.05, 0) is 30.0 Å². The Bertz CT molecular complexity index is 1230. The van der Waals surface area contributed by atoms with Crippen LogP contribution < -0.4 is 4.90 Å². The highest BCUT2D eigenvalue weighted by molar-refractivity contribution is 8.04. The van der Waals surface area contributed by atoms with Crippen molar-refractivity contribution in [2.45, 2.75) is 31.1 Å². The second-order valence-electron chi connectivity index (χ2n) is 9.06. The van der Waals surface area contributed by atoms with Gasteiger partial charge >= 0.3 is 5.97 Å². The van der Waals surface area contributed by atoms with Crippen LogP contribution in [0.25, 0.3) is 0 Å². The second kappa shape index (κ2) is 8.13. The van der Waals surface area contributed by atoms with Gasteiger partial charge in [-0.2, -0.15) is 0 Å². The quantitative estimate of drug-likeness (QED) is 0.484. The maximum atomic E-state index is 14.2. The van der Waals surface area contributed by atoms with Crippen LogP contribution in [0.5, 0.6) is 0 Å². The summed E-state index contributed by atoms with van der Waals surface area (Å²) in [6, 6.07) is 17.9. The number of hydrogen-bond donors (Lipinski definition) is 0. The Morgan fingerprint density at radius 1 is 1.00 bits per heavy atom. The van der Waals surface area contributed by atoms with E-state index in [1.807, 2.05) is 44.2 Å². The van der Waals surface area contributed by atoms with Crippen molar-refractivity contribution in [1.29, 1.82) is 0 Å². The number of thioether (sulfide) groups is 1. The van der Waals surface area contributed by atoms with Crippen molar-refractivity contribution < 1.29 is 23.9 Å². The van der Waals surface area contributed by atoms with Gasteiger partial charge in [-0.25, -0.2) is 9.69 Å². The Morgan fingerprint density at radius 3 is 2.21 bits per heavy atom. The average Bonchev–Trinajstić information content (AvgIpc) is 3.39. The molecule has 3 aliphatic heterocycles. The zero-order valence-electron chi connectivity index (χ0n) is 19.1. The highest BCUT2D eigenvalue weighted by Crippen LogP contribution is 2.61. The molecule has 0 bridgehead atoms. The molecule has 0 radical (unpaired) electrons. The summed E-state index contributed by atoms with van der Waals surface area (Å²) in [5.74, 6) is -3.13. The number of ether oxygens (including phenoxy) is 1. The van der Waals surface area contributed by atoms with Crippen molar-refractivity contribution in [3.8, 4) is 0 Å². The predicted octanol–water partition coefficient (Wildman–Crippen LogP) is 3.68. The fraction of sp³-hybridized carbons (Fsp3) is 0.308. The lowest BCUT2D eigenvalue weighted by Crippen LogP contribution is -2.56. The molecule has 34 heavy (non-hydrogen) atoms. The zero-order valence-corrected chi connectivity index (χ0v) is 19.9. The third-order valence-corrected chi connectivity index (χ3v) is 7.89. The molecule has 0 spiro atoms.